The smallest absolute Gasteiger partial charge is 0.254 e. The van der Waals surface area contributed by atoms with E-state index in [1.165, 1.54) is 14.2 Å². The molecule has 0 unspecified atom stereocenters. The van der Waals surface area contributed by atoms with Crippen LogP contribution in [0, 0.1) is 0 Å². The zero-order valence-electron chi connectivity index (χ0n) is 16.5. The van der Waals surface area contributed by atoms with Crippen LogP contribution >= 0.6 is 11.3 Å². The first kappa shape index (κ1) is 19.7. The molecule has 2 aliphatic rings. The van der Waals surface area contributed by atoms with Crippen molar-refractivity contribution in [1.29, 1.82) is 0 Å². The van der Waals surface area contributed by atoms with Crippen molar-refractivity contribution < 1.29 is 23.8 Å². The maximum atomic E-state index is 13.1. The quantitative estimate of drug-likeness (QED) is 0.784. The maximum Gasteiger partial charge on any atom is 0.254 e. The van der Waals surface area contributed by atoms with Gasteiger partial charge >= 0.3 is 0 Å². The van der Waals surface area contributed by atoms with E-state index in [-0.39, 0.29) is 30.4 Å². The highest BCUT2D eigenvalue weighted by atomic mass is 32.1. The minimum absolute atomic E-state index is 0.0977. The second kappa shape index (κ2) is 8.42. The molecule has 1 aromatic heterocycles. The van der Waals surface area contributed by atoms with Gasteiger partial charge in [0, 0.05) is 18.7 Å². The Kier molecular flexibility index (Phi) is 5.73. The van der Waals surface area contributed by atoms with Crippen molar-refractivity contribution in [1.82, 2.24) is 4.90 Å². The van der Waals surface area contributed by atoms with Gasteiger partial charge in [0.15, 0.2) is 11.5 Å². The maximum absolute atomic E-state index is 13.1. The molecule has 7 nitrogen and oxygen atoms in total. The van der Waals surface area contributed by atoms with E-state index in [0.29, 0.717) is 35.8 Å². The molecule has 1 aromatic carbocycles. The van der Waals surface area contributed by atoms with E-state index in [0.717, 1.165) is 18.4 Å². The van der Waals surface area contributed by atoms with Gasteiger partial charge in [0.05, 0.1) is 38.5 Å². The van der Waals surface area contributed by atoms with Gasteiger partial charge in [-0.15, -0.1) is 0 Å². The van der Waals surface area contributed by atoms with Crippen molar-refractivity contribution in [2.75, 3.05) is 32.6 Å². The largest absolute Gasteiger partial charge is 0.493 e. The number of morpholine rings is 1. The predicted molar refractivity (Wildman–Crippen MR) is 110 cm³/mol. The summed E-state index contributed by atoms with van der Waals surface area (Å²) in [6, 6.07) is 5.23. The van der Waals surface area contributed by atoms with Crippen LogP contribution in [0.2, 0.25) is 0 Å². The third-order valence-corrected chi connectivity index (χ3v) is 6.01. The number of methoxy groups -OCH3 is 2. The molecule has 0 saturated carbocycles. The Hall–Kier alpha value is -2.58. The standard InChI is InChI=1S/C21H24N2O5S/c1-26-18-9-14(21(25)23-10-15-3-4-16(11-23)28-15)8-17(20(18)27-2)22-19(24)7-13-5-6-29-12-13/h5-6,8-9,12,15-16H,3-4,7,10-11H2,1-2H3,(H,22,24)/t15-,16+. The van der Waals surface area contributed by atoms with Crippen LogP contribution in [-0.2, 0) is 16.0 Å². The summed E-state index contributed by atoms with van der Waals surface area (Å²) in [5.74, 6) is 0.516. The fraction of sp³-hybridized carbons (Fsp3) is 0.429. The Bertz CT molecular complexity index is 887. The van der Waals surface area contributed by atoms with E-state index in [1.807, 2.05) is 21.7 Å². The predicted octanol–water partition coefficient (Wildman–Crippen LogP) is 2.95. The van der Waals surface area contributed by atoms with Crippen LogP contribution in [0.5, 0.6) is 11.5 Å². The number of rotatable bonds is 6. The van der Waals surface area contributed by atoms with Gasteiger partial charge in [-0.1, -0.05) is 0 Å². The Labute approximate surface area is 173 Å². The minimum atomic E-state index is -0.183. The summed E-state index contributed by atoms with van der Waals surface area (Å²) in [7, 11) is 3.02. The first-order chi connectivity index (χ1) is 14.1. The van der Waals surface area contributed by atoms with Gasteiger partial charge < -0.3 is 24.4 Å². The number of benzene rings is 1. The third-order valence-electron chi connectivity index (χ3n) is 5.28. The van der Waals surface area contributed by atoms with E-state index in [1.54, 1.807) is 23.5 Å². The molecular weight excluding hydrogens is 392 g/mol. The fourth-order valence-electron chi connectivity index (χ4n) is 3.92. The Morgan fingerprint density at radius 1 is 1.21 bits per heavy atom. The van der Waals surface area contributed by atoms with Crippen LogP contribution in [-0.4, -0.2) is 56.2 Å². The van der Waals surface area contributed by atoms with Gasteiger partial charge in [-0.25, -0.2) is 0 Å². The number of hydrogen-bond acceptors (Lipinski definition) is 6. The van der Waals surface area contributed by atoms with Gasteiger partial charge in [0.2, 0.25) is 5.91 Å². The van der Waals surface area contributed by atoms with Crippen LogP contribution in [0.25, 0.3) is 0 Å². The minimum Gasteiger partial charge on any atom is -0.493 e. The number of thiophene rings is 1. The van der Waals surface area contributed by atoms with Crippen molar-refractivity contribution in [3.8, 4) is 11.5 Å². The molecule has 3 heterocycles. The molecule has 2 bridgehead atoms. The lowest BCUT2D eigenvalue weighted by Crippen LogP contribution is -2.45. The van der Waals surface area contributed by atoms with Crippen LogP contribution in [0.3, 0.4) is 0 Å². The van der Waals surface area contributed by atoms with Crippen LogP contribution in [0.4, 0.5) is 5.69 Å². The number of nitrogens with zero attached hydrogens (tertiary/aromatic N) is 1. The van der Waals surface area contributed by atoms with Gasteiger partial charge in [-0.05, 0) is 47.4 Å². The van der Waals surface area contributed by atoms with E-state index in [9.17, 15) is 9.59 Å². The zero-order valence-corrected chi connectivity index (χ0v) is 17.3. The van der Waals surface area contributed by atoms with Crippen molar-refractivity contribution >= 4 is 28.8 Å². The molecule has 0 spiro atoms. The summed E-state index contributed by atoms with van der Waals surface area (Å²) < 4.78 is 16.7. The number of ether oxygens (including phenoxy) is 3. The molecule has 2 atom stereocenters. The molecule has 2 saturated heterocycles. The lowest BCUT2D eigenvalue weighted by molar-refractivity contribution is -0.115. The summed E-state index contributed by atoms with van der Waals surface area (Å²) in [5.41, 5.74) is 1.82. The Morgan fingerprint density at radius 3 is 2.59 bits per heavy atom. The molecule has 29 heavy (non-hydrogen) atoms. The van der Waals surface area contributed by atoms with Gasteiger partial charge in [0.1, 0.15) is 0 Å². The molecule has 1 N–H and O–H groups in total. The third kappa shape index (κ3) is 4.23. The van der Waals surface area contributed by atoms with Crippen molar-refractivity contribution in [2.45, 2.75) is 31.5 Å². The first-order valence-corrected chi connectivity index (χ1v) is 10.5. The molecule has 2 amide bonds. The topological polar surface area (TPSA) is 77.1 Å². The summed E-state index contributed by atoms with van der Waals surface area (Å²) in [6.45, 7) is 1.17. The molecular formula is C21H24N2O5S. The number of nitrogens with one attached hydrogen (secondary N) is 1. The Morgan fingerprint density at radius 2 is 1.97 bits per heavy atom. The van der Waals surface area contributed by atoms with Gasteiger partial charge in [-0.2, -0.15) is 11.3 Å². The molecule has 0 radical (unpaired) electrons. The molecule has 8 heteroatoms. The normalized spacial score (nSPS) is 20.4. The highest BCUT2D eigenvalue weighted by Crippen LogP contribution is 2.37. The fourth-order valence-corrected chi connectivity index (χ4v) is 4.59. The van der Waals surface area contributed by atoms with Crippen molar-refractivity contribution in [3.63, 3.8) is 0 Å². The van der Waals surface area contributed by atoms with Gasteiger partial charge in [-0.3, -0.25) is 9.59 Å². The average molecular weight is 416 g/mol. The monoisotopic (exact) mass is 416 g/mol. The highest BCUT2D eigenvalue weighted by Gasteiger charge is 2.36. The number of hydrogen-bond donors (Lipinski definition) is 1. The molecule has 154 valence electrons. The van der Waals surface area contributed by atoms with Gasteiger partial charge in [0.25, 0.3) is 5.91 Å². The molecule has 0 aliphatic carbocycles. The number of fused-ring (bicyclic) bond motifs is 2. The summed E-state index contributed by atoms with van der Waals surface area (Å²) in [4.78, 5) is 27.5. The first-order valence-electron chi connectivity index (χ1n) is 9.59. The number of carbonyl (C=O) groups excluding carboxylic acids is 2. The number of likely N-dealkylation sites (tertiary alicyclic amines) is 1. The van der Waals surface area contributed by atoms with E-state index in [2.05, 4.69) is 5.32 Å². The second-order valence-electron chi connectivity index (χ2n) is 7.28. The molecule has 2 fully saturated rings. The van der Waals surface area contributed by atoms with E-state index in [4.69, 9.17) is 14.2 Å². The SMILES string of the molecule is COc1cc(C(=O)N2C[C@H]3CC[C@@H](C2)O3)cc(NC(=O)Cc2ccsc2)c1OC. The van der Waals surface area contributed by atoms with Crippen LogP contribution in [0.15, 0.2) is 29.0 Å². The van der Waals surface area contributed by atoms with Crippen LogP contribution < -0.4 is 14.8 Å². The van der Waals surface area contributed by atoms with Crippen molar-refractivity contribution in [2.24, 2.45) is 0 Å². The zero-order chi connectivity index (χ0) is 20.4. The molecule has 2 aromatic rings. The summed E-state index contributed by atoms with van der Waals surface area (Å²) >= 11 is 1.54. The lowest BCUT2D eigenvalue weighted by Gasteiger charge is -2.32. The number of anilines is 1. The van der Waals surface area contributed by atoms with E-state index < -0.39 is 0 Å². The second-order valence-corrected chi connectivity index (χ2v) is 8.06. The summed E-state index contributed by atoms with van der Waals surface area (Å²) in [6.07, 6.45) is 2.46. The van der Waals surface area contributed by atoms with E-state index >= 15 is 0 Å². The number of carbonyl (C=O) groups is 2. The average Bonchev–Trinajstić information content (AvgIpc) is 3.35. The lowest BCUT2D eigenvalue weighted by atomic mass is 10.1. The summed E-state index contributed by atoms with van der Waals surface area (Å²) in [5, 5.41) is 6.73. The van der Waals surface area contributed by atoms with Crippen molar-refractivity contribution in [3.05, 3.63) is 40.1 Å². The Balaban J connectivity index is 1.58. The molecule has 4 rings (SSSR count). The van der Waals surface area contributed by atoms with Crippen LogP contribution in [0.1, 0.15) is 28.8 Å². The molecule has 2 aliphatic heterocycles. The highest BCUT2D eigenvalue weighted by molar-refractivity contribution is 7.08. The number of amides is 2.